The lowest BCUT2D eigenvalue weighted by Gasteiger charge is -2.21. The van der Waals surface area contributed by atoms with E-state index in [9.17, 15) is 34.5 Å². The lowest BCUT2D eigenvalue weighted by molar-refractivity contribution is -0.142. The van der Waals surface area contributed by atoms with Gasteiger partial charge in [-0.2, -0.15) is 0 Å². The van der Waals surface area contributed by atoms with Crippen molar-refractivity contribution >= 4 is 23.7 Å². The zero-order valence-corrected chi connectivity index (χ0v) is 17.5. The highest BCUT2D eigenvalue weighted by Crippen LogP contribution is 2.11. The lowest BCUT2D eigenvalue weighted by atomic mass is 9.99. The van der Waals surface area contributed by atoms with Crippen molar-refractivity contribution in [2.45, 2.75) is 44.8 Å². The number of aliphatic hydroxyl groups is 1. The van der Waals surface area contributed by atoms with Gasteiger partial charge in [-0.1, -0.05) is 32.4 Å². The third-order valence-corrected chi connectivity index (χ3v) is 4.81. The van der Waals surface area contributed by atoms with Crippen LogP contribution in [0.4, 0.5) is 0 Å². The predicted octanol–water partition coefficient (Wildman–Crippen LogP) is -1.53. The van der Waals surface area contributed by atoms with Gasteiger partial charge in [0, 0.05) is 6.42 Å². The molecular weight excluding hydrogens is 408 g/mol. The van der Waals surface area contributed by atoms with Gasteiger partial charge in [-0.3, -0.25) is 14.4 Å². The summed E-state index contributed by atoms with van der Waals surface area (Å²) in [4.78, 5) is 47.8. The Morgan fingerprint density at radius 3 is 2.16 bits per heavy atom. The number of nitrogens with two attached hydrogens (primary N) is 1. The normalized spacial score (nSPS) is 14.6. The fourth-order valence-electron chi connectivity index (χ4n) is 2.58. The van der Waals surface area contributed by atoms with E-state index >= 15 is 0 Å². The fraction of sp³-hybridized carbons (Fsp3) is 0.500. The summed E-state index contributed by atoms with van der Waals surface area (Å²) in [6.45, 7) is 2.45. The molecule has 8 N–H and O–H groups in total. The molecule has 1 aromatic carbocycles. The van der Waals surface area contributed by atoms with Gasteiger partial charge in [-0.05, 0) is 23.6 Å². The number of nitrogens with one attached hydrogen (secondary N) is 3. The maximum atomic E-state index is 12.3. The Hall–Kier alpha value is -3.18. The van der Waals surface area contributed by atoms with Gasteiger partial charge < -0.3 is 37.0 Å². The van der Waals surface area contributed by atoms with Crippen LogP contribution in [-0.2, 0) is 25.6 Å². The number of carboxylic acids is 1. The number of phenols is 1. The molecule has 0 saturated heterocycles. The van der Waals surface area contributed by atoms with E-state index < -0.39 is 55.0 Å². The standard InChI is InChI=1S/C20H30N4O7/c1-3-11(2)17(21)19(29)22-9-16(27)23-15(10-25)18(28)24-14(20(30)31)8-12-4-6-13(26)7-5-12/h4-7,11,14-15,17,25-26H,3,8-10,21H2,1-2H3,(H,22,29)(H,23,27)(H,24,28)(H,30,31). The number of amides is 3. The van der Waals surface area contributed by atoms with E-state index in [2.05, 4.69) is 16.0 Å². The average Bonchev–Trinajstić information content (AvgIpc) is 2.75. The first-order chi connectivity index (χ1) is 14.6. The molecule has 0 spiro atoms. The molecule has 0 heterocycles. The van der Waals surface area contributed by atoms with E-state index in [0.717, 1.165) is 0 Å². The Bertz CT molecular complexity index is 769. The Morgan fingerprint density at radius 2 is 1.65 bits per heavy atom. The second-order valence-electron chi connectivity index (χ2n) is 7.20. The molecule has 0 radical (unpaired) electrons. The van der Waals surface area contributed by atoms with Crippen LogP contribution in [-0.4, -0.2) is 70.3 Å². The van der Waals surface area contributed by atoms with Crippen LogP contribution in [0.1, 0.15) is 25.8 Å². The van der Waals surface area contributed by atoms with Crippen molar-refractivity contribution in [3.63, 3.8) is 0 Å². The topological polar surface area (TPSA) is 191 Å². The number of carbonyl (C=O) groups is 4. The van der Waals surface area contributed by atoms with Gasteiger partial charge in [0.1, 0.15) is 17.8 Å². The second-order valence-corrected chi connectivity index (χ2v) is 7.20. The van der Waals surface area contributed by atoms with Crippen molar-refractivity contribution in [3.8, 4) is 5.75 Å². The van der Waals surface area contributed by atoms with Crippen LogP contribution in [0.15, 0.2) is 24.3 Å². The van der Waals surface area contributed by atoms with Crippen LogP contribution in [0.25, 0.3) is 0 Å². The first-order valence-corrected chi connectivity index (χ1v) is 9.83. The van der Waals surface area contributed by atoms with Crippen molar-refractivity contribution in [2.24, 2.45) is 11.7 Å². The third-order valence-electron chi connectivity index (χ3n) is 4.81. The van der Waals surface area contributed by atoms with Gasteiger partial charge in [-0.15, -0.1) is 0 Å². The van der Waals surface area contributed by atoms with Gasteiger partial charge in [0.25, 0.3) is 0 Å². The molecule has 172 valence electrons. The van der Waals surface area contributed by atoms with Crippen LogP contribution < -0.4 is 21.7 Å². The molecule has 0 fully saturated rings. The predicted molar refractivity (Wildman–Crippen MR) is 111 cm³/mol. The first-order valence-electron chi connectivity index (χ1n) is 9.83. The minimum absolute atomic E-state index is 0.0138. The Morgan fingerprint density at radius 1 is 1.03 bits per heavy atom. The van der Waals surface area contributed by atoms with Gasteiger partial charge in [0.15, 0.2) is 0 Å². The fourth-order valence-corrected chi connectivity index (χ4v) is 2.58. The van der Waals surface area contributed by atoms with E-state index in [1.165, 1.54) is 24.3 Å². The molecule has 3 amide bonds. The quantitative estimate of drug-likeness (QED) is 0.204. The zero-order chi connectivity index (χ0) is 23.6. The summed E-state index contributed by atoms with van der Waals surface area (Å²) in [5.74, 6) is -3.54. The summed E-state index contributed by atoms with van der Waals surface area (Å²) in [5.41, 5.74) is 6.32. The maximum absolute atomic E-state index is 12.3. The van der Waals surface area contributed by atoms with Crippen molar-refractivity contribution in [1.29, 1.82) is 0 Å². The molecule has 1 aromatic rings. The number of aliphatic carboxylic acids is 1. The highest BCUT2D eigenvalue weighted by molar-refractivity contribution is 5.92. The number of phenolic OH excluding ortho intramolecular Hbond substituents is 1. The molecule has 1 rings (SSSR count). The van der Waals surface area contributed by atoms with Gasteiger partial charge >= 0.3 is 5.97 Å². The SMILES string of the molecule is CCC(C)C(N)C(=O)NCC(=O)NC(CO)C(=O)NC(Cc1ccc(O)cc1)C(=O)O. The number of hydrogen-bond donors (Lipinski definition) is 7. The number of rotatable bonds is 12. The number of hydrogen-bond acceptors (Lipinski definition) is 7. The Kier molecular flexibility index (Phi) is 10.4. The summed E-state index contributed by atoms with van der Waals surface area (Å²) < 4.78 is 0. The molecule has 0 aromatic heterocycles. The van der Waals surface area contributed by atoms with E-state index in [0.29, 0.717) is 12.0 Å². The minimum atomic E-state index is -1.41. The second kappa shape index (κ2) is 12.5. The smallest absolute Gasteiger partial charge is 0.326 e. The van der Waals surface area contributed by atoms with E-state index in [4.69, 9.17) is 5.73 Å². The van der Waals surface area contributed by atoms with E-state index in [-0.39, 0.29) is 18.1 Å². The number of benzene rings is 1. The van der Waals surface area contributed by atoms with Crippen molar-refractivity contribution in [1.82, 2.24) is 16.0 Å². The molecule has 31 heavy (non-hydrogen) atoms. The summed E-state index contributed by atoms with van der Waals surface area (Å²) in [7, 11) is 0. The van der Waals surface area contributed by atoms with Crippen molar-refractivity contribution in [3.05, 3.63) is 29.8 Å². The molecule has 4 atom stereocenters. The summed E-state index contributed by atoms with van der Waals surface area (Å²) in [6, 6.07) is 2.27. The van der Waals surface area contributed by atoms with Gasteiger partial charge in [0.05, 0.1) is 19.2 Å². The summed E-state index contributed by atoms with van der Waals surface area (Å²) >= 11 is 0. The molecule has 4 unspecified atom stereocenters. The molecular formula is C20H30N4O7. The monoisotopic (exact) mass is 438 g/mol. The highest BCUT2D eigenvalue weighted by Gasteiger charge is 2.27. The molecule has 11 nitrogen and oxygen atoms in total. The van der Waals surface area contributed by atoms with Crippen LogP contribution in [0, 0.1) is 5.92 Å². The van der Waals surface area contributed by atoms with Crippen LogP contribution in [0.5, 0.6) is 5.75 Å². The number of carbonyl (C=O) groups excluding carboxylic acids is 3. The minimum Gasteiger partial charge on any atom is -0.508 e. The average molecular weight is 438 g/mol. The molecule has 0 aliphatic heterocycles. The largest absolute Gasteiger partial charge is 0.508 e. The first kappa shape index (κ1) is 25.9. The zero-order valence-electron chi connectivity index (χ0n) is 17.5. The van der Waals surface area contributed by atoms with Gasteiger partial charge in [-0.25, -0.2) is 4.79 Å². The van der Waals surface area contributed by atoms with Gasteiger partial charge in [0.2, 0.25) is 17.7 Å². The number of aromatic hydroxyl groups is 1. The molecule has 0 aliphatic rings. The molecule has 0 bridgehead atoms. The summed E-state index contributed by atoms with van der Waals surface area (Å²) in [6.07, 6.45) is 0.611. The van der Waals surface area contributed by atoms with Crippen molar-refractivity contribution < 1.29 is 34.5 Å². The highest BCUT2D eigenvalue weighted by atomic mass is 16.4. The third kappa shape index (κ3) is 8.60. The molecule has 0 aliphatic carbocycles. The number of carboxylic acid groups (broad SMARTS) is 1. The maximum Gasteiger partial charge on any atom is 0.326 e. The summed E-state index contributed by atoms with van der Waals surface area (Å²) in [5, 5.41) is 34.9. The van der Waals surface area contributed by atoms with Crippen LogP contribution in [0.2, 0.25) is 0 Å². The Labute approximate surface area is 180 Å². The molecule has 0 saturated carbocycles. The lowest BCUT2D eigenvalue weighted by Crippen LogP contribution is -2.55. The van der Waals surface area contributed by atoms with Crippen LogP contribution >= 0.6 is 0 Å². The molecule has 11 heteroatoms. The van der Waals surface area contributed by atoms with Crippen LogP contribution in [0.3, 0.4) is 0 Å². The van der Waals surface area contributed by atoms with E-state index in [1.807, 2.05) is 6.92 Å². The van der Waals surface area contributed by atoms with Crippen molar-refractivity contribution in [2.75, 3.05) is 13.2 Å². The van der Waals surface area contributed by atoms with E-state index in [1.54, 1.807) is 6.92 Å². The number of aliphatic hydroxyl groups excluding tert-OH is 1. The Balaban J connectivity index is 2.63.